The minimum absolute atomic E-state index is 0.244. The Morgan fingerprint density at radius 3 is 2.67 bits per heavy atom. The molecule has 2 aromatic rings. The van der Waals surface area contributed by atoms with Crippen LogP contribution in [0.1, 0.15) is 23.4 Å². The first-order valence-corrected chi connectivity index (χ1v) is 7.21. The zero-order valence-electron chi connectivity index (χ0n) is 9.71. The first-order chi connectivity index (χ1) is 8.61. The number of thiophene rings is 1. The Balaban J connectivity index is 2.41. The molecule has 1 heterocycles. The number of halogens is 3. The largest absolute Gasteiger partial charge is 0.306 e. The topological polar surface area (TPSA) is 12.0 Å². The molecule has 1 nitrogen and oxygen atoms in total. The fourth-order valence-corrected chi connectivity index (χ4v) is 3.32. The van der Waals surface area contributed by atoms with Crippen molar-refractivity contribution in [3.63, 3.8) is 0 Å². The quantitative estimate of drug-likeness (QED) is 0.870. The number of benzene rings is 1. The van der Waals surface area contributed by atoms with Gasteiger partial charge in [0.25, 0.3) is 0 Å². The van der Waals surface area contributed by atoms with Crippen LogP contribution in [0, 0.1) is 11.6 Å². The van der Waals surface area contributed by atoms with Gasteiger partial charge >= 0.3 is 0 Å². The van der Waals surface area contributed by atoms with Crippen LogP contribution in [0.5, 0.6) is 0 Å². The number of hydrogen-bond acceptors (Lipinski definition) is 2. The molecule has 1 aromatic heterocycles. The van der Waals surface area contributed by atoms with Crippen molar-refractivity contribution in [2.75, 3.05) is 6.54 Å². The Labute approximate surface area is 117 Å². The average molecular weight is 332 g/mol. The summed E-state index contributed by atoms with van der Waals surface area (Å²) in [6, 6.07) is 5.40. The van der Waals surface area contributed by atoms with Gasteiger partial charge in [-0.2, -0.15) is 0 Å². The van der Waals surface area contributed by atoms with Gasteiger partial charge in [0.05, 0.1) is 6.04 Å². The summed E-state index contributed by atoms with van der Waals surface area (Å²) >= 11 is 4.92. The Bertz CT molecular complexity index is 542. The Morgan fingerprint density at radius 2 is 2.11 bits per heavy atom. The molecule has 1 aromatic carbocycles. The van der Waals surface area contributed by atoms with Gasteiger partial charge in [0.15, 0.2) is 0 Å². The summed E-state index contributed by atoms with van der Waals surface area (Å²) in [7, 11) is 0. The van der Waals surface area contributed by atoms with Crippen molar-refractivity contribution in [2.45, 2.75) is 13.0 Å². The molecule has 0 aliphatic carbocycles. The second-order valence-corrected chi connectivity index (χ2v) is 5.68. The highest BCUT2D eigenvalue weighted by molar-refractivity contribution is 9.10. The zero-order valence-corrected chi connectivity index (χ0v) is 12.1. The fourth-order valence-electron chi connectivity index (χ4n) is 1.78. The third-order valence-electron chi connectivity index (χ3n) is 2.55. The van der Waals surface area contributed by atoms with Gasteiger partial charge in [-0.1, -0.05) is 13.0 Å². The highest BCUT2D eigenvalue weighted by atomic mass is 79.9. The van der Waals surface area contributed by atoms with Gasteiger partial charge < -0.3 is 5.32 Å². The molecule has 1 atom stereocenters. The third-order valence-corrected chi connectivity index (χ3v) is 4.31. The summed E-state index contributed by atoms with van der Waals surface area (Å²) < 4.78 is 27.7. The van der Waals surface area contributed by atoms with E-state index in [0.717, 1.165) is 15.4 Å². The van der Waals surface area contributed by atoms with E-state index < -0.39 is 11.6 Å². The summed E-state index contributed by atoms with van der Waals surface area (Å²) in [4.78, 5) is 0.995. The smallest absolute Gasteiger partial charge is 0.131 e. The van der Waals surface area contributed by atoms with Gasteiger partial charge in [0.2, 0.25) is 0 Å². The summed E-state index contributed by atoms with van der Waals surface area (Å²) in [6.45, 7) is 2.66. The third kappa shape index (κ3) is 2.96. The monoisotopic (exact) mass is 331 g/mol. The molecule has 0 saturated heterocycles. The molecule has 0 spiro atoms. The molecule has 18 heavy (non-hydrogen) atoms. The van der Waals surface area contributed by atoms with E-state index in [0.29, 0.717) is 12.1 Å². The number of hydrogen-bond donors (Lipinski definition) is 1. The molecule has 2 rings (SSSR count). The van der Waals surface area contributed by atoms with Crippen molar-refractivity contribution < 1.29 is 8.78 Å². The molecular weight excluding hydrogens is 320 g/mol. The summed E-state index contributed by atoms with van der Waals surface area (Å²) in [5.41, 5.74) is 0.465. The van der Waals surface area contributed by atoms with Crippen molar-refractivity contribution in [1.82, 2.24) is 5.32 Å². The first-order valence-electron chi connectivity index (χ1n) is 5.54. The maximum atomic E-state index is 13.8. The second kappa shape index (κ2) is 5.91. The van der Waals surface area contributed by atoms with Crippen LogP contribution >= 0.6 is 27.3 Å². The molecule has 0 aliphatic rings. The van der Waals surface area contributed by atoms with Crippen molar-refractivity contribution in [2.24, 2.45) is 0 Å². The molecule has 0 radical (unpaired) electrons. The van der Waals surface area contributed by atoms with Gasteiger partial charge in [-0.3, -0.25) is 0 Å². The maximum absolute atomic E-state index is 13.8. The van der Waals surface area contributed by atoms with Crippen LogP contribution in [0.3, 0.4) is 0 Å². The molecular formula is C13H12BrF2NS. The van der Waals surface area contributed by atoms with E-state index in [1.54, 1.807) is 0 Å². The summed E-state index contributed by atoms with van der Waals surface area (Å²) in [5, 5.41) is 5.16. The molecule has 0 bridgehead atoms. The number of rotatable bonds is 4. The molecule has 0 fully saturated rings. The van der Waals surface area contributed by atoms with Crippen LogP contribution in [0.25, 0.3) is 0 Å². The highest BCUT2D eigenvalue weighted by Gasteiger charge is 2.19. The predicted molar refractivity (Wildman–Crippen MR) is 73.9 cm³/mol. The van der Waals surface area contributed by atoms with Gasteiger partial charge in [-0.25, -0.2) is 8.78 Å². The highest BCUT2D eigenvalue weighted by Crippen LogP contribution is 2.31. The standard InChI is InChI=1S/C13H12BrF2NS/c1-2-17-13(12-5-8(14)7-18-12)10-4-3-9(15)6-11(10)16/h3-7,13,17H,2H2,1H3. The lowest BCUT2D eigenvalue weighted by atomic mass is 10.0. The van der Waals surface area contributed by atoms with Crippen molar-refractivity contribution in [3.8, 4) is 0 Å². The van der Waals surface area contributed by atoms with Gasteiger partial charge in [0, 0.05) is 26.4 Å². The van der Waals surface area contributed by atoms with Crippen LogP contribution in [0.4, 0.5) is 8.78 Å². The number of nitrogens with one attached hydrogen (secondary N) is 1. The second-order valence-electron chi connectivity index (χ2n) is 3.82. The zero-order chi connectivity index (χ0) is 13.1. The van der Waals surface area contributed by atoms with E-state index in [-0.39, 0.29) is 6.04 Å². The van der Waals surface area contributed by atoms with E-state index >= 15 is 0 Å². The lowest BCUT2D eigenvalue weighted by Crippen LogP contribution is -2.22. The van der Waals surface area contributed by atoms with E-state index in [1.165, 1.54) is 23.5 Å². The SMILES string of the molecule is CCNC(c1cc(Br)cs1)c1ccc(F)cc1F. The molecule has 1 N–H and O–H groups in total. The van der Waals surface area contributed by atoms with E-state index in [4.69, 9.17) is 0 Å². The Hall–Kier alpha value is -0.780. The van der Waals surface area contributed by atoms with E-state index in [2.05, 4.69) is 21.2 Å². The molecule has 0 amide bonds. The minimum Gasteiger partial charge on any atom is -0.306 e. The van der Waals surface area contributed by atoms with Crippen LogP contribution in [0.2, 0.25) is 0 Å². The minimum atomic E-state index is -0.557. The summed E-state index contributed by atoms with van der Waals surface area (Å²) in [5.74, 6) is -1.08. The van der Waals surface area contributed by atoms with Crippen molar-refractivity contribution in [1.29, 1.82) is 0 Å². The van der Waals surface area contributed by atoms with Crippen LogP contribution in [-0.2, 0) is 0 Å². The van der Waals surface area contributed by atoms with Gasteiger partial charge in [0.1, 0.15) is 11.6 Å². The van der Waals surface area contributed by atoms with Crippen LogP contribution in [0.15, 0.2) is 34.1 Å². The molecule has 0 saturated carbocycles. The van der Waals surface area contributed by atoms with Crippen LogP contribution in [-0.4, -0.2) is 6.54 Å². The lowest BCUT2D eigenvalue weighted by Gasteiger charge is -2.17. The lowest BCUT2D eigenvalue weighted by molar-refractivity contribution is 0.544. The predicted octanol–water partition coefficient (Wildman–Crippen LogP) is 4.49. The summed E-state index contributed by atoms with van der Waals surface area (Å²) in [6.07, 6.45) is 0. The molecule has 1 unspecified atom stereocenters. The molecule has 0 aliphatic heterocycles. The molecule has 96 valence electrons. The van der Waals surface area contributed by atoms with E-state index in [9.17, 15) is 8.78 Å². The van der Waals surface area contributed by atoms with Crippen molar-refractivity contribution >= 4 is 27.3 Å². The normalized spacial score (nSPS) is 12.7. The van der Waals surface area contributed by atoms with Gasteiger partial charge in [-0.05, 0) is 34.6 Å². The Kier molecular flexibility index (Phi) is 4.48. The van der Waals surface area contributed by atoms with E-state index in [1.807, 2.05) is 18.4 Å². The Morgan fingerprint density at radius 1 is 1.33 bits per heavy atom. The van der Waals surface area contributed by atoms with Crippen molar-refractivity contribution in [3.05, 3.63) is 56.2 Å². The first kappa shape index (κ1) is 13.6. The van der Waals surface area contributed by atoms with Crippen LogP contribution < -0.4 is 5.32 Å². The average Bonchev–Trinajstić information content (AvgIpc) is 2.73. The maximum Gasteiger partial charge on any atom is 0.131 e. The van der Waals surface area contributed by atoms with Gasteiger partial charge in [-0.15, -0.1) is 11.3 Å². The molecule has 5 heteroatoms. The fraction of sp³-hybridized carbons (Fsp3) is 0.231.